The molecule has 2 atom stereocenters. The van der Waals surface area contributed by atoms with Crippen LogP contribution in [-0.2, 0) is 22.4 Å². The molecule has 1 fully saturated rings. The second-order valence-corrected chi connectivity index (χ2v) is 9.60. The summed E-state index contributed by atoms with van der Waals surface area (Å²) in [6.07, 6.45) is 2.23. The van der Waals surface area contributed by atoms with Gasteiger partial charge in [-0.25, -0.2) is 0 Å². The highest BCUT2D eigenvalue weighted by Gasteiger charge is 2.46. The standard InChI is InChI=1S/C31H31NO5/c1-3-16-36-25-11-7-10-22(19-25)28-27(29(33)23-12-13-26-24(18-23)17-20(2)37-26)30(34)31(35)32(28)15-14-21-8-5-4-6-9-21/h4-13,18-20,28,33H,3,14-17H2,1-2H3/t20-,28-/m0/s1. The zero-order valence-corrected chi connectivity index (χ0v) is 21.1. The summed E-state index contributed by atoms with van der Waals surface area (Å²) in [7, 11) is 0. The molecule has 37 heavy (non-hydrogen) atoms. The maximum Gasteiger partial charge on any atom is 0.295 e. The topological polar surface area (TPSA) is 76.1 Å². The van der Waals surface area contributed by atoms with Gasteiger partial charge in [-0.3, -0.25) is 9.59 Å². The van der Waals surface area contributed by atoms with E-state index in [-0.39, 0.29) is 17.4 Å². The molecule has 2 aliphatic heterocycles. The van der Waals surface area contributed by atoms with Crippen molar-refractivity contribution >= 4 is 17.4 Å². The van der Waals surface area contributed by atoms with Crippen LogP contribution in [0.2, 0.25) is 0 Å². The summed E-state index contributed by atoms with van der Waals surface area (Å²) in [4.78, 5) is 28.3. The van der Waals surface area contributed by atoms with Gasteiger partial charge in [0.1, 0.15) is 23.4 Å². The van der Waals surface area contributed by atoms with E-state index in [1.54, 1.807) is 11.0 Å². The van der Waals surface area contributed by atoms with Crippen LogP contribution < -0.4 is 9.47 Å². The Morgan fingerprint density at radius 2 is 1.86 bits per heavy atom. The molecule has 3 aromatic rings. The molecule has 2 aliphatic rings. The lowest BCUT2D eigenvalue weighted by atomic mass is 9.94. The molecule has 0 radical (unpaired) electrons. The van der Waals surface area contributed by atoms with Crippen molar-refractivity contribution in [1.29, 1.82) is 0 Å². The first-order valence-electron chi connectivity index (χ1n) is 12.8. The Morgan fingerprint density at radius 1 is 1.05 bits per heavy atom. The van der Waals surface area contributed by atoms with Crippen molar-refractivity contribution in [1.82, 2.24) is 4.90 Å². The summed E-state index contributed by atoms with van der Waals surface area (Å²) in [5, 5.41) is 11.5. The van der Waals surface area contributed by atoms with Crippen LogP contribution in [0.1, 0.15) is 48.6 Å². The first kappa shape index (κ1) is 24.6. The van der Waals surface area contributed by atoms with Crippen LogP contribution in [0.4, 0.5) is 0 Å². The highest BCUT2D eigenvalue weighted by Crippen LogP contribution is 2.41. The van der Waals surface area contributed by atoms with Gasteiger partial charge in [0.25, 0.3) is 11.7 Å². The van der Waals surface area contributed by atoms with Crippen molar-refractivity contribution in [2.45, 2.75) is 45.3 Å². The highest BCUT2D eigenvalue weighted by atomic mass is 16.5. The van der Waals surface area contributed by atoms with Gasteiger partial charge in [-0.15, -0.1) is 0 Å². The number of carbonyl (C=O) groups excluding carboxylic acids is 2. The number of Topliss-reactive ketones (excluding diaryl/α,β-unsaturated/α-hetero) is 1. The molecule has 1 N–H and O–H groups in total. The average Bonchev–Trinajstić information content (AvgIpc) is 3.41. The molecule has 6 heteroatoms. The van der Waals surface area contributed by atoms with Crippen LogP contribution >= 0.6 is 0 Å². The minimum absolute atomic E-state index is 0.0572. The van der Waals surface area contributed by atoms with Crippen molar-refractivity contribution in [3.8, 4) is 11.5 Å². The van der Waals surface area contributed by atoms with E-state index in [9.17, 15) is 14.7 Å². The molecule has 0 aliphatic carbocycles. The molecule has 0 bridgehead atoms. The average molecular weight is 498 g/mol. The summed E-state index contributed by atoms with van der Waals surface area (Å²) < 4.78 is 11.6. The van der Waals surface area contributed by atoms with E-state index in [2.05, 4.69) is 0 Å². The minimum Gasteiger partial charge on any atom is -0.507 e. The summed E-state index contributed by atoms with van der Waals surface area (Å²) in [6, 6.07) is 22.0. The predicted molar refractivity (Wildman–Crippen MR) is 142 cm³/mol. The zero-order chi connectivity index (χ0) is 25.9. The van der Waals surface area contributed by atoms with E-state index in [1.165, 1.54) is 0 Å². The second kappa shape index (κ2) is 10.5. The molecule has 1 amide bonds. The number of likely N-dealkylation sites (tertiary alicyclic amines) is 1. The fourth-order valence-electron chi connectivity index (χ4n) is 5.07. The number of benzene rings is 3. The number of ether oxygens (including phenoxy) is 2. The van der Waals surface area contributed by atoms with Gasteiger partial charge >= 0.3 is 0 Å². The molecular weight excluding hydrogens is 466 g/mol. The van der Waals surface area contributed by atoms with Crippen molar-refractivity contribution in [3.63, 3.8) is 0 Å². The van der Waals surface area contributed by atoms with Crippen molar-refractivity contribution in [2.24, 2.45) is 0 Å². The largest absolute Gasteiger partial charge is 0.507 e. The van der Waals surface area contributed by atoms with Crippen LogP contribution in [0.15, 0.2) is 78.4 Å². The van der Waals surface area contributed by atoms with E-state index in [1.807, 2.05) is 80.6 Å². The Balaban J connectivity index is 1.57. The van der Waals surface area contributed by atoms with Gasteiger partial charge in [0, 0.05) is 18.5 Å². The lowest BCUT2D eigenvalue weighted by molar-refractivity contribution is -0.139. The minimum atomic E-state index is -0.725. The molecule has 0 spiro atoms. The van der Waals surface area contributed by atoms with Crippen LogP contribution in [0.3, 0.4) is 0 Å². The summed E-state index contributed by atoms with van der Waals surface area (Å²) in [5.74, 6) is -0.0184. The maximum absolute atomic E-state index is 13.4. The Kier molecular flexibility index (Phi) is 6.99. The van der Waals surface area contributed by atoms with E-state index in [0.717, 1.165) is 35.3 Å². The third kappa shape index (κ3) is 4.96. The van der Waals surface area contributed by atoms with E-state index >= 15 is 0 Å². The fourth-order valence-corrected chi connectivity index (χ4v) is 5.07. The summed E-state index contributed by atoms with van der Waals surface area (Å²) in [6.45, 7) is 4.93. The monoisotopic (exact) mass is 497 g/mol. The quantitative estimate of drug-likeness (QED) is 0.254. The lowest BCUT2D eigenvalue weighted by Crippen LogP contribution is -2.31. The molecule has 2 heterocycles. The summed E-state index contributed by atoms with van der Waals surface area (Å²) in [5.41, 5.74) is 3.36. The van der Waals surface area contributed by atoms with Gasteiger partial charge in [-0.05, 0) is 66.8 Å². The molecule has 0 aromatic heterocycles. The van der Waals surface area contributed by atoms with E-state index in [0.29, 0.717) is 30.9 Å². The SMILES string of the molecule is CCCOc1cccc([C@H]2C(=C(O)c3ccc4c(c3)C[C@H](C)O4)C(=O)C(=O)N2CCc2ccccc2)c1. The van der Waals surface area contributed by atoms with Crippen LogP contribution in [0.5, 0.6) is 11.5 Å². The third-order valence-electron chi connectivity index (χ3n) is 6.84. The number of hydrogen-bond acceptors (Lipinski definition) is 5. The third-order valence-corrected chi connectivity index (χ3v) is 6.84. The second-order valence-electron chi connectivity index (χ2n) is 9.60. The number of aliphatic hydroxyl groups excluding tert-OH is 1. The Hall–Kier alpha value is -4.06. The van der Waals surface area contributed by atoms with Crippen LogP contribution in [0, 0.1) is 0 Å². The number of ketones is 1. The molecule has 3 aromatic carbocycles. The van der Waals surface area contributed by atoms with Gasteiger partial charge in [0.15, 0.2) is 0 Å². The maximum atomic E-state index is 13.4. The van der Waals surface area contributed by atoms with Gasteiger partial charge in [0.2, 0.25) is 0 Å². The highest BCUT2D eigenvalue weighted by molar-refractivity contribution is 6.46. The van der Waals surface area contributed by atoms with Gasteiger partial charge in [-0.1, -0.05) is 49.4 Å². The number of hydrogen-bond donors (Lipinski definition) is 1. The number of fused-ring (bicyclic) bond motifs is 1. The zero-order valence-electron chi connectivity index (χ0n) is 21.1. The van der Waals surface area contributed by atoms with Crippen molar-refractivity contribution in [2.75, 3.05) is 13.2 Å². The summed E-state index contributed by atoms with van der Waals surface area (Å²) >= 11 is 0. The van der Waals surface area contributed by atoms with Crippen LogP contribution in [0.25, 0.3) is 5.76 Å². The Labute approximate surface area is 217 Å². The number of carbonyl (C=O) groups is 2. The van der Waals surface area contributed by atoms with Crippen molar-refractivity contribution in [3.05, 3.63) is 101 Å². The first-order valence-corrected chi connectivity index (χ1v) is 12.8. The van der Waals surface area contributed by atoms with Crippen LogP contribution in [-0.4, -0.2) is 41.0 Å². The smallest absolute Gasteiger partial charge is 0.295 e. The fraction of sp³-hybridized carbons (Fsp3) is 0.290. The molecule has 0 unspecified atom stereocenters. The van der Waals surface area contributed by atoms with E-state index < -0.39 is 17.7 Å². The van der Waals surface area contributed by atoms with Gasteiger partial charge in [0.05, 0.1) is 18.2 Å². The molecule has 1 saturated heterocycles. The first-order chi connectivity index (χ1) is 18.0. The Morgan fingerprint density at radius 3 is 2.65 bits per heavy atom. The lowest BCUT2D eigenvalue weighted by Gasteiger charge is -2.26. The molecule has 190 valence electrons. The number of nitrogens with zero attached hydrogens (tertiary/aromatic N) is 1. The van der Waals surface area contributed by atoms with Crippen molar-refractivity contribution < 1.29 is 24.2 Å². The number of aliphatic hydroxyl groups is 1. The Bertz CT molecular complexity index is 1350. The molecule has 0 saturated carbocycles. The molecule has 5 rings (SSSR count). The normalized spacial score (nSPS) is 20.1. The number of rotatable bonds is 8. The molecule has 6 nitrogen and oxygen atoms in total. The number of amides is 1. The predicted octanol–water partition coefficient (Wildman–Crippen LogP) is 5.46. The van der Waals surface area contributed by atoms with Gasteiger partial charge < -0.3 is 19.5 Å². The van der Waals surface area contributed by atoms with E-state index in [4.69, 9.17) is 9.47 Å². The van der Waals surface area contributed by atoms with Gasteiger partial charge in [-0.2, -0.15) is 0 Å². The molecular formula is C31H31NO5.